The predicted molar refractivity (Wildman–Crippen MR) is 136 cm³/mol. The van der Waals surface area contributed by atoms with Gasteiger partial charge >= 0.3 is 6.18 Å². The minimum absolute atomic E-state index is 0. The van der Waals surface area contributed by atoms with Gasteiger partial charge in [-0.2, -0.15) is 18.3 Å². The van der Waals surface area contributed by atoms with Crippen molar-refractivity contribution in [3.63, 3.8) is 0 Å². The molecule has 7 nitrogen and oxygen atoms in total. The normalized spacial score (nSPS) is 27.7. The third-order valence-electron chi connectivity index (χ3n) is 6.86. The van der Waals surface area contributed by atoms with Crippen molar-refractivity contribution in [2.24, 2.45) is 5.73 Å². The van der Waals surface area contributed by atoms with Crippen molar-refractivity contribution in [2.45, 2.75) is 95.4 Å². The van der Waals surface area contributed by atoms with Crippen molar-refractivity contribution in [2.75, 3.05) is 5.32 Å². The zero-order valence-electron chi connectivity index (χ0n) is 19.6. The Hall–Kier alpha value is -2.40. The van der Waals surface area contributed by atoms with Crippen LogP contribution in [0.2, 0.25) is 0 Å². The number of benzene rings is 1. The monoisotopic (exact) mass is 509 g/mol. The van der Waals surface area contributed by atoms with Gasteiger partial charge in [-0.05, 0) is 75.1 Å². The number of alkyl halides is 3. The molecule has 3 aliphatic rings. The first-order chi connectivity index (χ1) is 16.7. The lowest BCUT2D eigenvalue weighted by atomic mass is 9.93. The van der Waals surface area contributed by atoms with Gasteiger partial charge in [0.15, 0.2) is 0 Å². The van der Waals surface area contributed by atoms with Crippen LogP contribution in [0.15, 0.2) is 36.5 Å². The summed E-state index contributed by atoms with van der Waals surface area (Å²) < 4.78 is 40.7. The number of fused-ring (bicyclic) bond motifs is 1. The van der Waals surface area contributed by atoms with Gasteiger partial charge in [0.25, 0.3) is 0 Å². The fourth-order valence-corrected chi connectivity index (χ4v) is 4.75. The van der Waals surface area contributed by atoms with Crippen LogP contribution in [-0.4, -0.2) is 50.5 Å². The molecule has 1 unspecified atom stereocenters. The fraction of sp³-hybridized carbons (Fsp3) is 0.577. The van der Waals surface area contributed by atoms with E-state index in [9.17, 15) is 18.3 Å². The van der Waals surface area contributed by atoms with E-state index in [0.717, 1.165) is 63.5 Å². The van der Waals surface area contributed by atoms with Crippen LogP contribution in [0.4, 0.5) is 19.0 Å². The van der Waals surface area contributed by atoms with E-state index in [-0.39, 0.29) is 25.8 Å². The molecule has 2 heterocycles. The number of nitrogens with one attached hydrogen (secondary N) is 2. The van der Waals surface area contributed by atoms with Crippen LogP contribution in [0, 0.1) is 0 Å². The molecule has 0 radical (unpaired) electrons. The average Bonchev–Trinajstić information content (AvgIpc) is 3.26. The molecule has 0 amide bonds. The molecule has 2 saturated carbocycles. The van der Waals surface area contributed by atoms with Gasteiger partial charge < -0.3 is 21.3 Å². The van der Waals surface area contributed by atoms with E-state index in [0.29, 0.717) is 29.0 Å². The molecule has 2 fully saturated rings. The van der Waals surface area contributed by atoms with Gasteiger partial charge in [-0.3, -0.25) is 5.32 Å². The van der Waals surface area contributed by atoms with Gasteiger partial charge in [0.1, 0.15) is 5.82 Å². The summed E-state index contributed by atoms with van der Waals surface area (Å²) in [4.78, 5) is 0. The highest BCUT2D eigenvalue weighted by Gasteiger charge is 2.31. The summed E-state index contributed by atoms with van der Waals surface area (Å²) in [6.07, 6.45) is 7.67. The third kappa shape index (κ3) is 7.32. The molecule has 10 heteroatoms. The first-order valence-corrected chi connectivity index (χ1v) is 12.3. The molecule has 200 valence electrons. The largest absolute Gasteiger partial charge is 0.416 e. The smallest absolute Gasteiger partial charge is 0.393 e. The second kappa shape index (κ2) is 12.2. The van der Waals surface area contributed by atoms with Crippen molar-refractivity contribution in [1.29, 1.82) is 0 Å². The van der Waals surface area contributed by atoms with E-state index in [1.54, 1.807) is 23.1 Å². The van der Waals surface area contributed by atoms with E-state index < -0.39 is 11.7 Å². The molecular formula is C26H38F3N5O2. The number of hydrogen-bond acceptors (Lipinski definition) is 6. The van der Waals surface area contributed by atoms with Gasteiger partial charge in [0, 0.05) is 23.8 Å². The summed E-state index contributed by atoms with van der Waals surface area (Å²) in [5, 5.41) is 29.7. The maximum Gasteiger partial charge on any atom is 0.416 e. The van der Waals surface area contributed by atoms with E-state index >= 15 is 0 Å². The number of nitrogens with two attached hydrogens (primary N) is 1. The molecule has 1 aromatic heterocycles. The molecule has 5 rings (SSSR count). The number of nitrogens with zero attached hydrogens (tertiary/aromatic N) is 2. The van der Waals surface area contributed by atoms with Crippen molar-refractivity contribution < 1.29 is 23.4 Å². The number of halogens is 3. The van der Waals surface area contributed by atoms with Crippen molar-refractivity contribution in [3.05, 3.63) is 42.1 Å². The number of hydrogen-bond donors (Lipinski definition) is 5. The molecular weight excluding hydrogens is 471 g/mol. The van der Waals surface area contributed by atoms with Gasteiger partial charge in [-0.25, -0.2) is 4.68 Å². The second-order valence-corrected chi connectivity index (χ2v) is 9.63. The zero-order valence-corrected chi connectivity index (χ0v) is 19.6. The molecule has 0 saturated heterocycles. The number of aliphatic hydroxyl groups is 2. The summed E-state index contributed by atoms with van der Waals surface area (Å²) in [5.74, 6) is 0.658. The van der Waals surface area contributed by atoms with Crippen LogP contribution in [0.5, 0.6) is 0 Å². The topological polar surface area (TPSA) is 108 Å². The molecule has 36 heavy (non-hydrogen) atoms. The Kier molecular flexibility index (Phi) is 9.57. The van der Waals surface area contributed by atoms with E-state index in [4.69, 9.17) is 10.8 Å². The van der Waals surface area contributed by atoms with Gasteiger partial charge in [0.05, 0.1) is 30.1 Å². The van der Waals surface area contributed by atoms with Gasteiger partial charge in [0.2, 0.25) is 0 Å². The number of aromatic nitrogens is 2. The highest BCUT2D eigenvalue weighted by Crippen LogP contribution is 2.35. The summed E-state index contributed by atoms with van der Waals surface area (Å²) in [7, 11) is 0. The van der Waals surface area contributed by atoms with Gasteiger partial charge in [-0.1, -0.05) is 19.6 Å². The molecule has 6 N–H and O–H groups in total. The van der Waals surface area contributed by atoms with Crippen LogP contribution >= 0.6 is 0 Å². The average molecular weight is 510 g/mol. The predicted octanol–water partition coefficient (Wildman–Crippen LogP) is 4.57. The molecule has 0 spiro atoms. The molecule has 2 aromatic rings. The minimum Gasteiger partial charge on any atom is -0.393 e. The Morgan fingerprint density at radius 3 is 2.25 bits per heavy atom. The number of anilines is 1. The maximum absolute atomic E-state index is 13.0. The van der Waals surface area contributed by atoms with Crippen LogP contribution in [0.1, 0.15) is 64.4 Å². The highest BCUT2D eigenvalue weighted by atomic mass is 19.4. The number of rotatable bonds is 3. The lowest BCUT2D eigenvalue weighted by molar-refractivity contribution is -0.137. The SMILES string of the molecule is C.NC1CCC(O)CC1.OC1CCC(NC2C=Cn3ncc(-c4cccc(C(F)(F)F)c4)c3N2)CC1. The van der Waals surface area contributed by atoms with E-state index in [1.807, 2.05) is 6.08 Å². The molecule has 2 aliphatic carbocycles. The highest BCUT2D eigenvalue weighted by molar-refractivity contribution is 5.78. The summed E-state index contributed by atoms with van der Waals surface area (Å²) in [6.45, 7) is 0. The van der Waals surface area contributed by atoms with Crippen molar-refractivity contribution in [1.82, 2.24) is 15.1 Å². The Labute approximate surface area is 210 Å². The summed E-state index contributed by atoms with van der Waals surface area (Å²) in [5.41, 5.74) is 5.99. The lowest BCUT2D eigenvalue weighted by Gasteiger charge is -2.31. The van der Waals surface area contributed by atoms with Crippen LogP contribution in [0.25, 0.3) is 17.3 Å². The Morgan fingerprint density at radius 1 is 1.00 bits per heavy atom. The first kappa shape index (κ1) is 28.2. The van der Waals surface area contributed by atoms with Crippen LogP contribution in [-0.2, 0) is 6.18 Å². The molecule has 1 aromatic carbocycles. The Bertz CT molecular complexity index is 984. The van der Waals surface area contributed by atoms with E-state index in [1.165, 1.54) is 6.07 Å². The molecule has 1 aliphatic heterocycles. The standard InChI is InChI=1S/C19H21F3N4O.C6H13NO.CH4/c20-19(21,22)13-3-1-2-12(10-13)16-11-23-26-9-8-17(25-18(16)26)24-14-4-6-15(27)7-5-14;7-5-1-3-6(8)4-2-5;/h1-3,8-11,14-15,17,24-25,27H,4-7H2;5-6,8H,1-4,7H2;1H4. The van der Waals surface area contributed by atoms with Crippen LogP contribution < -0.4 is 16.4 Å². The first-order valence-electron chi connectivity index (χ1n) is 12.3. The maximum atomic E-state index is 13.0. The summed E-state index contributed by atoms with van der Waals surface area (Å²) in [6, 6.07) is 5.92. The molecule has 1 atom stereocenters. The minimum atomic E-state index is -4.38. The Balaban J connectivity index is 0.000000344. The van der Waals surface area contributed by atoms with Crippen LogP contribution in [0.3, 0.4) is 0 Å². The molecule has 0 bridgehead atoms. The Morgan fingerprint density at radius 2 is 1.64 bits per heavy atom. The second-order valence-electron chi connectivity index (χ2n) is 9.63. The third-order valence-corrected chi connectivity index (χ3v) is 6.86. The number of aliphatic hydroxyl groups excluding tert-OH is 2. The van der Waals surface area contributed by atoms with Crippen molar-refractivity contribution in [3.8, 4) is 11.1 Å². The quantitative estimate of drug-likeness (QED) is 0.415. The fourth-order valence-electron chi connectivity index (χ4n) is 4.75. The van der Waals surface area contributed by atoms with E-state index in [2.05, 4.69) is 15.7 Å². The zero-order chi connectivity index (χ0) is 25.0. The summed E-state index contributed by atoms with van der Waals surface area (Å²) >= 11 is 0. The lowest BCUT2D eigenvalue weighted by Crippen LogP contribution is -2.45. The van der Waals surface area contributed by atoms with Gasteiger partial charge in [-0.15, -0.1) is 0 Å². The van der Waals surface area contributed by atoms with Crippen molar-refractivity contribution >= 4 is 12.0 Å².